The number of pyridine rings is 1. The van der Waals surface area contributed by atoms with E-state index in [4.69, 9.17) is 0 Å². The van der Waals surface area contributed by atoms with Gasteiger partial charge in [-0.2, -0.15) is 13.2 Å². The lowest BCUT2D eigenvalue weighted by molar-refractivity contribution is -0.141. The first-order chi connectivity index (χ1) is 7.74. The Hall–Kier alpha value is -1.31. The van der Waals surface area contributed by atoms with Gasteiger partial charge in [0, 0.05) is 0 Å². The molecule has 0 amide bonds. The third kappa shape index (κ3) is 4.22. The fraction of sp³-hybridized carbons (Fsp3) is 0.444. The highest BCUT2D eigenvalue weighted by Crippen LogP contribution is 2.27. The van der Waals surface area contributed by atoms with Gasteiger partial charge in [0.25, 0.3) is 0 Å². The Morgan fingerprint density at radius 1 is 1.35 bits per heavy atom. The molecular weight excluding hydrogens is 257 g/mol. The summed E-state index contributed by atoms with van der Waals surface area (Å²) in [5, 5.41) is 0. The third-order valence-electron chi connectivity index (χ3n) is 1.80. The molecule has 0 spiro atoms. The highest BCUT2D eigenvalue weighted by molar-refractivity contribution is 7.92. The maximum atomic E-state index is 12.2. The maximum absolute atomic E-state index is 12.2. The minimum Gasteiger partial charge on any atom is -0.282 e. The number of sulfonamides is 1. The molecule has 0 radical (unpaired) electrons. The Labute approximate surface area is 96.9 Å². The molecule has 1 N–H and O–H groups in total. The average molecular weight is 268 g/mol. The molecular formula is C9H11F3N2O2S. The topological polar surface area (TPSA) is 59.1 Å². The lowest BCUT2D eigenvalue weighted by Crippen LogP contribution is -2.16. The number of nitrogens with one attached hydrogen (secondary N) is 1. The molecule has 17 heavy (non-hydrogen) atoms. The molecule has 0 saturated heterocycles. The van der Waals surface area contributed by atoms with E-state index in [0.29, 0.717) is 6.42 Å². The van der Waals surface area contributed by atoms with Crippen molar-refractivity contribution in [2.75, 3.05) is 10.5 Å². The molecule has 4 nitrogen and oxygen atoms in total. The number of hydrogen-bond donors (Lipinski definition) is 1. The van der Waals surface area contributed by atoms with Crippen LogP contribution >= 0.6 is 0 Å². The van der Waals surface area contributed by atoms with E-state index in [2.05, 4.69) is 9.71 Å². The first-order valence-corrected chi connectivity index (χ1v) is 6.43. The zero-order valence-electron chi connectivity index (χ0n) is 8.95. The zero-order valence-corrected chi connectivity index (χ0v) is 9.77. The fourth-order valence-electron chi connectivity index (χ4n) is 1.12. The van der Waals surface area contributed by atoms with Crippen molar-refractivity contribution in [3.05, 3.63) is 24.0 Å². The summed E-state index contributed by atoms with van der Waals surface area (Å²) < 4.78 is 61.3. The van der Waals surface area contributed by atoms with Crippen LogP contribution in [0.25, 0.3) is 0 Å². The Balaban J connectivity index is 2.83. The van der Waals surface area contributed by atoms with Crippen LogP contribution in [0.5, 0.6) is 0 Å². The SMILES string of the molecule is CCCS(=O)(=O)Nc1ccc(C(F)(F)F)nc1. The van der Waals surface area contributed by atoms with Crippen LogP contribution in [-0.2, 0) is 16.2 Å². The Morgan fingerprint density at radius 2 is 2.00 bits per heavy atom. The van der Waals surface area contributed by atoms with E-state index in [9.17, 15) is 21.6 Å². The van der Waals surface area contributed by atoms with Gasteiger partial charge in [-0.1, -0.05) is 6.92 Å². The van der Waals surface area contributed by atoms with Crippen molar-refractivity contribution in [3.8, 4) is 0 Å². The van der Waals surface area contributed by atoms with Crippen LogP contribution < -0.4 is 4.72 Å². The number of nitrogens with zero attached hydrogens (tertiary/aromatic N) is 1. The predicted octanol–water partition coefficient (Wildman–Crippen LogP) is 2.25. The van der Waals surface area contributed by atoms with Crippen LogP contribution in [0, 0.1) is 0 Å². The van der Waals surface area contributed by atoms with Gasteiger partial charge in [0.15, 0.2) is 0 Å². The summed E-state index contributed by atoms with van der Waals surface area (Å²) in [5.41, 5.74) is -1.04. The number of rotatable bonds is 4. The van der Waals surface area contributed by atoms with Crippen LogP contribution in [0.3, 0.4) is 0 Å². The van der Waals surface area contributed by atoms with E-state index in [1.54, 1.807) is 6.92 Å². The highest BCUT2D eigenvalue weighted by atomic mass is 32.2. The van der Waals surface area contributed by atoms with Crippen molar-refractivity contribution < 1.29 is 21.6 Å². The number of anilines is 1. The first kappa shape index (κ1) is 13.8. The molecule has 8 heteroatoms. The van der Waals surface area contributed by atoms with E-state index >= 15 is 0 Å². The van der Waals surface area contributed by atoms with Crippen molar-refractivity contribution in [2.24, 2.45) is 0 Å². The Bertz CT molecular complexity index is 468. The van der Waals surface area contributed by atoms with Gasteiger partial charge in [-0.3, -0.25) is 4.72 Å². The van der Waals surface area contributed by atoms with E-state index in [-0.39, 0.29) is 11.4 Å². The number of alkyl halides is 3. The summed E-state index contributed by atoms with van der Waals surface area (Å²) in [6.07, 6.45) is -3.26. The second-order valence-electron chi connectivity index (χ2n) is 3.35. The van der Waals surface area contributed by atoms with Crippen LogP contribution in [-0.4, -0.2) is 19.2 Å². The van der Waals surface area contributed by atoms with Gasteiger partial charge in [0.1, 0.15) is 5.69 Å². The van der Waals surface area contributed by atoms with Gasteiger partial charge in [-0.25, -0.2) is 13.4 Å². The van der Waals surface area contributed by atoms with Gasteiger partial charge in [-0.05, 0) is 18.6 Å². The summed E-state index contributed by atoms with van der Waals surface area (Å²) in [7, 11) is -3.50. The molecule has 1 heterocycles. The lowest BCUT2D eigenvalue weighted by atomic mass is 10.3. The lowest BCUT2D eigenvalue weighted by Gasteiger charge is -2.08. The van der Waals surface area contributed by atoms with Crippen LogP contribution in [0.15, 0.2) is 18.3 Å². The number of aromatic nitrogens is 1. The minimum absolute atomic E-state index is 0.0199. The average Bonchev–Trinajstić information content (AvgIpc) is 2.16. The Morgan fingerprint density at radius 3 is 2.41 bits per heavy atom. The van der Waals surface area contributed by atoms with Crippen LogP contribution in [0.4, 0.5) is 18.9 Å². The normalized spacial score (nSPS) is 12.5. The maximum Gasteiger partial charge on any atom is 0.433 e. The number of hydrogen-bond acceptors (Lipinski definition) is 3. The molecule has 0 aromatic carbocycles. The van der Waals surface area contributed by atoms with Crippen molar-refractivity contribution in [1.29, 1.82) is 0 Å². The van der Waals surface area contributed by atoms with Gasteiger partial charge in [-0.15, -0.1) is 0 Å². The smallest absolute Gasteiger partial charge is 0.282 e. The van der Waals surface area contributed by atoms with E-state index in [0.717, 1.165) is 18.3 Å². The fourth-order valence-corrected chi connectivity index (χ4v) is 2.24. The van der Waals surface area contributed by atoms with E-state index in [1.165, 1.54) is 0 Å². The van der Waals surface area contributed by atoms with Crippen LogP contribution in [0.1, 0.15) is 19.0 Å². The van der Waals surface area contributed by atoms with Crippen molar-refractivity contribution >= 4 is 15.7 Å². The second kappa shape index (κ2) is 4.91. The highest BCUT2D eigenvalue weighted by Gasteiger charge is 2.32. The van der Waals surface area contributed by atoms with E-state index in [1.807, 2.05) is 0 Å². The zero-order chi connectivity index (χ0) is 13.1. The summed E-state index contributed by atoms with van der Waals surface area (Å²) >= 11 is 0. The monoisotopic (exact) mass is 268 g/mol. The van der Waals surface area contributed by atoms with Gasteiger partial charge in [0.2, 0.25) is 10.0 Å². The minimum atomic E-state index is -4.53. The summed E-state index contributed by atoms with van der Waals surface area (Å²) in [5.74, 6) is -0.0893. The molecule has 0 saturated carbocycles. The first-order valence-electron chi connectivity index (χ1n) is 4.78. The van der Waals surface area contributed by atoms with Crippen molar-refractivity contribution in [2.45, 2.75) is 19.5 Å². The van der Waals surface area contributed by atoms with Crippen molar-refractivity contribution in [3.63, 3.8) is 0 Å². The number of halogens is 3. The van der Waals surface area contributed by atoms with Gasteiger partial charge < -0.3 is 0 Å². The molecule has 0 fully saturated rings. The molecule has 0 aliphatic heterocycles. The molecule has 0 bridgehead atoms. The third-order valence-corrected chi connectivity index (χ3v) is 3.29. The molecule has 1 aromatic heterocycles. The van der Waals surface area contributed by atoms with Crippen molar-refractivity contribution in [1.82, 2.24) is 4.98 Å². The van der Waals surface area contributed by atoms with Crippen LogP contribution in [0.2, 0.25) is 0 Å². The predicted molar refractivity (Wildman–Crippen MR) is 56.9 cm³/mol. The summed E-state index contributed by atoms with van der Waals surface area (Å²) in [6, 6.07) is 1.76. The quantitative estimate of drug-likeness (QED) is 0.911. The standard InChI is InChI=1S/C9H11F3N2O2S/c1-2-5-17(15,16)14-7-3-4-8(13-6-7)9(10,11)12/h3-4,6,14H,2,5H2,1H3. The molecule has 0 atom stereocenters. The molecule has 1 rings (SSSR count). The molecule has 1 aromatic rings. The molecule has 0 aliphatic rings. The van der Waals surface area contributed by atoms with Gasteiger partial charge in [0.05, 0.1) is 17.6 Å². The summed E-state index contributed by atoms with van der Waals surface area (Å²) in [4.78, 5) is 3.14. The van der Waals surface area contributed by atoms with E-state index < -0.39 is 21.9 Å². The molecule has 0 unspecified atom stereocenters. The molecule has 0 aliphatic carbocycles. The largest absolute Gasteiger partial charge is 0.433 e. The summed E-state index contributed by atoms with van der Waals surface area (Å²) in [6.45, 7) is 1.68. The second-order valence-corrected chi connectivity index (χ2v) is 5.19. The molecule has 96 valence electrons. The Kier molecular flexibility index (Phi) is 3.97. The van der Waals surface area contributed by atoms with Gasteiger partial charge >= 0.3 is 6.18 Å².